The molecule has 0 amide bonds. The summed E-state index contributed by atoms with van der Waals surface area (Å²) in [5.41, 5.74) is 6.78. The molecule has 2 heterocycles. The predicted octanol–water partition coefficient (Wildman–Crippen LogP) is 1.43. The van der Waals surface area contributed by atoms with E-state index < -0.39 is 0 Å². The van der Waals surface area contributed by atoms with Crippen LogP contribution in [-0.4, -0.2) is 19.5 Å². The molecule has 0 spiro atoms. The van der Waals surface area contributed by atoms with Gasteiger partial charge in [0.25, 0.3) is 0 Å². The molecule has 2 aromatic heterocycles. The first-order valence-corrected chi connectivity index (χ1v) is 5.39. The Morgan fingerprint density at radius 3 is 2.81 bits per heavy atom. The Labute approximate surface area is 93.4 Å². The number of aromatic nitrogens is 4. The van der Waals surface area contributed by atoms with E-state index in [9.17, 15) is 0 Å². The summed E-state index contributed by atoms with van der Waals surface area (Å²) >= 11 is 0. The first kappa shape index (κ1) is 9.33. The Morgan fingerprint density at radius 2 is 2.19 bits per heavy atom. The Hall–Kier alpha value is -1.91. The molecule has 5 heteroatoms. The van der Waals surface area contributed by atoms with E-state index in [-0.39, 0.29) is 0 Å². The molecule has 0 saturated heterocycles. The van der Waals surface area contributed by atoms with Crippen LogP contribution in [0.5, 0.6) is 0 Å². The number of nitrogen functional groups attached to an aromatic ring is 1. The Bertz CT molecular complexity index is 527. The number of anilines is 1. The van der Waals surface area contributed by atoms with Gasteiger partial charge in [-0.15, -0.1) is 0 Å². The third-order valence-electron chi connectivity index (χ3n) is 2.82. The number of imidazole rings is 1. The van der Waals surface area contributed by atoms with Crippen LogP contribution in [0.3, 0.4) is 0 Å². The van der Waals surface area contributed by atoms with Crippen LogP contribution < -0.4 is 5.73 Å². The number of rotatable bonds is 2. The van der Waals surface area contributed by atoms with Crippen LogP contribution in [0, 0.1) is 6.92 Å². The summed E-state index contributed by atoms with van der Waals surface area (Å²) in [7, 11) is 0. The second-order valence-electron chi connectivity index (χ2n) is 4.13. The molecule has 82 valence electrons. The Morgan fingerprint density at radius 1 is 1.38 bits per heavy atom. The molecule has 1 saturated carbocycles. The maximum atomic E-state index is 5.73. The van der Waals surface area contributed by atoms with E-state index in [1.165, 1.54) is 12.8 Å². The van der Waals surface area contributed by atoms with Crippen LogP contribution in [-0.2, 0) is 0 Å². The van der Waals surface area contributed by atoms with E-state index in [0.717, 1.165) is 17.3 Å². The summed E-state index contributed by atoms with van der Waals surface area (Å²) in [5, 5.41) is 0. The predicted molar refractivity (Wildman–Crippen MR) is 60.3 cm³/mol. The van der Waals surface area contributed by atoms with E-state index in [2.05, 4.69) is 15.0 Å². The highest BCUT2D eigenvalue weighted by Gasteiger charge is 2.26. The summed E-state index contributed by atoms with van der Waals surface area (Å²) in [6, 6.07) is 2.00. The molecule has 0 aromatic carbocycles. The summed E-state index contributed by atoms with van der Waals surface area (Å²) in [6.07, 6.45) is 6.05. The van der Waals surface area contributed by atoms with Crippen LogP contribution in [0.15, 0.2) is 18.5 Å². The van der Waals surface area contributed by atoms with Gasteiger partial charge in [0.15, 0.2) is 0 Å². The van der Waals surface area contributed by atoms with Crippen molar-refractivity contribution >= 4 is 5.95 Å². The number of nitrogens with zero attached hydrogens (tertiary/aromatic N) is 4. The SMILES string of the molecule is Cc1nccn1-c1cc(C2CC2)nc(N)n1. The van der Waals surface area contributed by atoms with Gasteiger partial charge in [-0.1, -0.05) is 0 Å². The smallest absolute Gasteiger partial charge is 0.222 e. The highest BCUT2D eigenvalue weighted by atomic mass is 15.2. The van der Waals surface area contributed by atoms with Crippen molar-refractivity contribution in [3.63, 3.8) is 0 Å². The van der Waals surface area contributed by atoms with Gasteiger partial charge in [-0.05, 0) is 19.8 Å². The lowest BCUT2D eigenvalue weighted by Gasteiger charge is -2.06. The van der Waals surface area contributed by atoms with E-state index in [0.29, 0.717) is 11.9 Å². The molecule has 1 fully saturated rings. The highest BCUT2D eigenvalue weighted by molar-refractivity contribution is 5.35. The van der Waals surface area contributed by atoms with Crippen molar-refractivity contribution in [3.05, 3.63) is 30.0 Å². The molecule has 0 aliphatic heterocycles. The van der Waals surface area contributed by atoms with Crippen LogP contribution in [0.1, 0.15) is 30.3 Å². The molecule has 2 aromatic rings. The fourth-order valence-corrected chi connectivity index (χ4v) is 1.80. The molecule has 0 radical (unpaired) electrons. The fourth-order valence-electron chi connectivity index (χ4n) is 1.80. The number of nitrogens with two attached hydrogens (primary N) is 1. The third-order valence-corrected chi connectivity index (χ3v) is 2.82. The third kappa shape index (κ3) is 1.54. The molecular formula is C11H13N5. The van der Waals surface area contributed by atoms with Crippen molar-refractivity contribution < 1.29 is 0 Å². The number of aryl methyl sites for hydroxylation is 1. The minimum Gasteiger partial charge on any atom is -0.368 e. The molecule has 1 aliphatic rings. The van der Waals surface area contributed by atoms with E-state index in [1.807, 2.05) is 23.8 Å². The Kier molecular flexibility index (Phi) is 1.92. The van der Waals surface area contributed by atoms with Gasteiger partial charge in [-0.3, -0.25) is 4.57 Å². The summed E-state index contributed by atoms with van der Waals surface area (Å²) < 4.78 is 1.92. The molecule has 16 heavy (non-hydrogen) atoms. The van der Waals surface area contributed by atoms with Crippen LogP contribution in [0.25, 0.3) is 5.82 Å². The second-order valence-corrected chi connectivity index (χ2v) is 4.13. The quantitative estimate of drug-likeness (QED) is 0.822. The largest absolute Gasteiger partial charge is 0.368 e. The van der Waals surface area contributed by atoms with Crippen LogP contribution in [0.4, 0.5) is 5.95 Å². The van der Waals surface area contributed by atoms with Gasteiger partial charge in [0.2, 0.25) is 5.95 Å². The number of hydrogen-bond acceptors (Lipinski definition) is 4. The van der Waals surface area contributed by atoms with Crippen LogP contribution in [0.2, 0.25) is 0 Å². The maximum absolute atomic E-state index is 5.73. The first-order valence-electron chi connectivity index (χ1n) is 5.39. The fraction of sp³-hybridized carbons (Fsp3) is 0.364. The number of hydrogen-bond donors (Lipinski definition) is 1. The van der Waals surface area contributed by atoms with Gasteiger partial charge < -0.3 is 5.73 Å². The van der Waals surface area contributed by atoms with Crippen molar-refractivity contribution in [2.24, 2.45) is 0 Å². The molecular weight excluding hydrogens is 202 g/mol. The van der Waals surface area contributed by atoms with E-state index in [4.69, 9.17) is 5.73 Å². The lowest BCUT2D eigenvalue weighted by atomic mass is 10.3. The molecule has 5 nitrogen and oxygen atoms in total. The van der Waals surface area contributed by atoms with Crippen molar-refractivity contribution in [1.29, 1.82) is 0 Å². The lowest BCUT2D eigenvalue weighted by Crippen LogP contribution is -2.05. The van der Waals surface area contributed by atoms with Gasteiger partial charge in [0, 0.05) is 24.4 Å². The highest BCUT2D eigenvalue weighted by Crippen LogP contribution is 2.39. The van der Waals surface area contributed by atoms with Gasteiger partial charge in [0.05, 0.1) is 5.69 Å². The lowest BCUT2D eigenvalue weighted by molar-refractivity contribution is 0.900. The summed E-state index contributed by atoms with van der Waals surface area (Å²) in [6.45, 7) is 1.94. The van der Waals surface area contributed by atoms with Crippen LogP contribution >= 0.6 is 0 Å². The molecule has 2 N–H and O–H groups in total. The maximum Gasteiger partial charge on any atom is 0.222 e. The Balaban J connectivity index is 2.10. The average Bonchev–Trinajstić information content (AvgIpc) is 3.01. The minimum atomic E-state index is 0.340. The van der Waals surface area contributed by atoms with E-state index >= 15 is 0 Å². The normalized spacial score (nSPS) is 15.3. The monoisotopic (exact) mass is 215 g/mol. The first-order chi connectivity index (χ1) is 7.74. The van der Waals surface area contributed by atoms with Gasteiger partial charge in [0.1, 0.15) is 11.6 Å². The average molecular weight is 215 g/mol. The molecule has 3 rings (SSSR count). The van der Waals surface area contributed by atoms with Crippen molar-refractivity contribution in [2.75, 3.05) is 5.73 Å². The molecule has 0 bridgehead atoms. The zero-order valence-corrected chi connectivity index (χ0v) is 9.09. The van der Waals surface area contributed by atoms with Crippen molar-refractivity contribution in [1.82, 2.24) is 19.5 Å². The van der Waals surface area contributed by atoms with Crippen molar-refractivity contribution in [2.45, 2.75) is 25.7 Å². The van der Waals surface area contributed by atoms with E-state index in [1.54, 1.807) is 6.20 Å². The zero-order valence-electron chi connectivity index (χ0n) is 9.09. The van der Waals surface area contributed by atoms with Gasteiger partial charge in [-0.2, -0.15) is 4.98 Å². The second kappa shape index (κ2) is 3.30. The molecule has 0 atom stereocenters. The summed E-state index contributed by atoms with van der Waals surface area (Å²) in [5.74, 6) is 2.63. The topological polar surface area (TPSA) is 69.6 Å². The van der Waals surface area contributed by atoms with Crippen molar-refractivity contribution in [3.8, 4) is 5.82 Å². The molecule has 0 unspecified atom stereocenters. The van der Waals surface area contributed by atoms with Gasteiger partial charge in [-0.25, -0.2) is 9.97 Å². The standard InChI is InChI=1S/C11H13N5/c1-7-13-4-5-16(7)10-6-9(8-2-3-8)14-11(12)15-10/h4-6,8H,2-3H2,1H3,(H2,12,14,15). The molecule has 1 aliphatic carbocycles. The zero-order chi connectivity index (χ0) is 11.1. The minimum absolute atomic E-state index is 0.340. The summed E-state index contributed by atoms with van der Waals surface area (Å²) in [4.78, 5) is 12.7. The van der Waals surface area contributed by atoms with Gasteiger partial charge >= 0.3 is 0 Å².